The van der Waals surface area contributed by atoms with Crippen molar-refractivity contribution in [1.82, 2.24) is 10.2 Å². The Morgan fingerprint density at radius 3 is 2.85 bits per heavy atom. The van der Waals surface area contributed by atoms with Crippen LogP contribution in [0.5, 0.6) is 0 Å². The van der Waals surface area contributed by atoms with E-state index in [2.05, 4.69) is 10.2 Å². The molecule has 1 amide bonds. The zero-order valence-corrected chi connectivity index (χ0v) is 13.6. The summed E-state index contributed by atoms with van der Waals surface area (Å²) in [5, 5.41) is 15.2. The fraction of sp³-hybridized carbons (Fsp3) is 0.643. The molecule has 2 heterocycles. The molecule has 0 aromatic carbocycles. The number of amides is 1. The SMILES string of the molecule is CC(C(=O)NCC(C)(O)c1cccs1)N1CCSCC1. The summed E-state index contributed by atoms with van der Waals surface area (Å²) in [7, 11) is 0. The second-order valence-corrected chi connectivity index (χ2v) is 7.47. The highest BCUT2D eigenvalue weighted by Crippen LogP contribution is 2.24. The molecule has 1 aliphatic rings. The molecule has 1 aromatic heterocycles. The van der Waals surface area contributed by atoms with Crippen LogP contribution in [0, 0.1) is 0 Å². The van der Waals surface area contributed by atoms with Crippen LogP contribution in [0.1, 0.15) is 18.7 Å². The molecule has 1 fully saturated rings. The van der Waals surface area contributed by atoms with Crippen LogP contribution < -0.4 is 5.32 Å². The second kappa shape index (κ2) is 6.93. The largest absolute Gasteiger partial charge is 0.383 e. The number of hydrogen-bond acceptors (Lipinski definition) is 5. The van der Waals surface area contributed by atoms with Crippen molar-refractivity contribution in [2.45, 2.75) is 25.5 Å². The number of rotatable bonds is 5. The Kier molecular flexibility index (Phi) is 5.49. The van der Waals surface area contributed by atoms with Gasteiger partial charge in [0.15, 0.2) is 0 Å². The summed E-state index contributed by atoms with van der Waals surface area (Å²) in [6.45, 7) is 5.84. The van der Waals surface area contributed by atoms with Crippen molar-refractivity contribution in [1.29, 1.82) is 0 Å². The zero-order valence-electron chi connectivity index (χ0n) is 12.0. The summed E-state index contributed by atoms with van der Waals surface area (Å²) in [5.41, 5.74) is -0.999. The Hall–Kier alpha value is -0.560. The molecule has 0 radical (unpaired) electrons. The molecule has 0 saturated carbocycles. The summed E-state index contributed by atoms with van der Waals surface area (Å²) < 4.78 is 0. The van der Waals surface area contributed by atoms with Gasteiger partial charge in [-0.1, -0.05) is 6.07 Å². The van der Waals surface area contributed by atoms with E-state index in [1.807, 2.05) is 36.2 Å². The van der Waals surface area contributed by atoms with Gasteiger partial charge in [0.2, 0.25) is 5.91 Å². The van der Waals surface area contributed by atoms with Crippen molar-refractivity contribution in [3.63, 3.8) is 0 Å². The average Bonchev–Trinajstić information content (AvgIpc) is 3.00. The number of hydrogen-bond donors (Lipinski definition) is 2. The fourth-order valence-electron chi connectivity index (χ4n) is 2.21. The summed E-state index contributed by atoms with van der Waals surface area (Å²) in [4.78, 5) is 15.3. The van der Waals surface area contributed by atoms with Gasteiger partial charge < -0.3 is 10.4 Å². The van der Waals surface area contributed by atoms with E-state index in [1.165, 1.54) is 11.3 Å². The van der Waals surface area contributed by atoms with Crippen molar-refractivity contribution in [3.05, 3.63) is 22.4 Å². The minimum atomic E-state index is -0.999. The van der Waals surface area contributed by atoms with Gasteiger partial charge in [-0.15, -0.1) is 11.3 Å². The van der Waals surface area contributed by atoms with Crippen molar-refractivity contribution < 1.29 is 9.90 Å². The second-order valence-electron chi connectivity index (χ2n) is 5.29. The number of carbonyl (C=O) groups excluding carboxylic acids is 1. The van der Waals surface area contributed by atoms with Gasteiger partial charge in [-0.3, -0.25) is 9.69 Å². The molecule has 4 nitrogen and oxygen atoms in total. The van der Waals surface area contributed by atoms with Crippen molar-refractivity contribution in [3.8, 4) is 0 Å². The lowest BCUT2D eigenvalue weighted by Gasteiger charge is -2.32. The first kappa shape index (κ1) is 15.8. The van der Waals surface area contributed by atoms with E-state index in [-0.39, 0.29) is 18.5 Å². The monoisotopic (exact) mass is 314 g/mol. The lowest BCUT2D eigenvalue weighted by atomic mass is 10.1. The molecule has 20 heavy (non-hydrogen) atoms. The summed E-state index contributed by atoms with van der Waals surface area (Å²) in [6, 6.07) is 3.67. The van der Waals surface area contributed by atoms with Crippen LogP contribution in [0.3, 0.4) is 0 Å². The normalized spacial score (nSPS) is 21.1. The van der Waals surface area contributed by atoms with Crippen LogP contribution in [-0.4, -0.2) is 53.1 Å². The van der Waals surface area contributed by atoms with Gasteiger partial charge in [0.1, 0.15) is 5.60 Å². The predicted octanol–water partition coefficient (Wildman–Crippen LogP) is 1.51. The molecule has 1 aromatic rings. The Labute approximate surface area is 128 Å². The van der Waals surface area contributed by atoms with E-state index in [0.717, 1.165) is 29.5 Å². The van der Waals surface area contributed by atoms with E-state index >= 15 is 0 Å². The lowest BCUT2D eigenvalue weighted by molar-refractivity contribution is -0.127. The molecule has 112 valence electrons. The fourth-order valence-corrected chi connectivity index (χ4v) is 3.93. The Bertz CT molecular complexity index is 428. The van der Waals surface area contributed by atoms with Gasteiger partial charge in [-0.25, -0.2) is 0 Å². The van der Waals surface area contributed by atoms with Crippen LogP contribution in [0.2, 0.25) is 0 Å². The van der Waals surface area contributed by atoms with Crippen molar-refractivity contribution in [2.75, 3.05) is 31.1 Å². The molecule has 1 saturated heterocycles. The first-order valence-electron chi connectivity index (χ1n) is 6.86. The third-order valence-corrected chi connectivity index (χ3v) is 5.70. The molecular formula is C14H22N2O2S2. The van der Waals surface area contributed by atoms with E-state index in [4.69, 9.17) is 0 Å². The summed E-state index contributed by atoms with van der Waals surface area (Å²) >= 11 is 3.44. The van der Waals surface area contributed by atoms with Crippen LogP contribution in [-0.2, 0) is 10.4 Å². The minimum absolute atomic E-state index is 0.00580. The topological polar surface area (TPSA) is 52.6 Å². The predicted molar refractivity (Wildman–Crippen MR) is 85.3 cm³/mol. The molecule has 1 aliphatic heterocycles. The summed E-state index contributed by atoms with van der Waals surface area (Å²) in [6.07, 6.45) is 0. The van der Waals surface area contributed by atoms with E-state index in [1.54, 1.807) is 6.92 Å². The van der Waals surface area contributed by atoms with E-state index in [0.29, 0.717) is 0 Å². The first-order chi connectivity index (χ1) is 9.50. The number of carbonyl (C=O) groups is 1. The quantitative estimate of drug-likeness (QED) is 0.865. The number of thioether (sulfide) groups is 1. The van der Waals surface area contributed by atoms with Crippen LogP contribution in [0.15, 0.2) is 17.5 Å². The Morgan fingerprint density at radius 2 is 2.25 bits per heavy atom. The smallest absolute Gasteiger partial charge is 0.237 e. The highest BCUT2D eigenvalue weighted by atomic mass is 32.2. The molecular weight excluding hydrogens is 292 g/mol. The minimum Gasteiger partial charge on any atom is -0.383 e. The average molecular weight is 314 g/mol. The van der Waals surface area contributed by atoms with Crippen LogP contribution in [0.25, 0.3) is 0 Å². The maximum atomic E-state index is 12.2. The van der Waals surface area contributed by atoms with Gasteiger partial charge in [-0.2, -0.15) is 11.8 Å². The standard InChI is InChI=1S/C14H22N2O2S2/c1-11(16-5-8-19-9-6-16)13(17)15-10-14(2,18)12-4-3-7-20-12/h3-4,7,11,18H,5-6,8-10H2,1-2H3,(H,15,17). The number of thiophene rings is 1. The van der Waals surface area contributed by atoms with Crippen LogP contribution >= 0.6 is 23.1 Å². The highest BCUT2D eigenvalue weighted by Gasteiger charge is 2.28. The number of nitrogens with one attached hydrogen (secondary N) is 1. The molecule has 2 rings (SSSR count). The van der Waals surface area contributed by atoms with Gasteiger partial charge in [0.25, 0.3) is 0 Å². The molecule has 6 heteroatoms. The molecule has 0 aliphatic carbocycles. The Morgan fingerprint density at radius 1 is 1.55 bits per heavy atom. The van der Waals surface area contributed by atoms with Crippen LogP contribution in [0.4, 0.5) is 0 Å². The number of nitrogens with zero attached hydrogens (tertiary/aromatic N) is 1. The van der Waals surface area contributed by atoms with E-state index in [9.17, 15) is 9.90 Å². The van der Waals surface area contributed by atoms with Crippen molar-refractivity contribution in [2.24, 2.45) is 0 Å². The highest BCUT2D eigenvalue weighted by molar-refractivity contribution is 7.99. The van der Waals surface area contributed by atoms with Gasteiger partial charge in [0.05, 0.1) is 12.6 Å². The zero-order chi connectivity index (χ0) is 14.6. The molecule has 0 bridgehead atoms. The first-order valence-corrected chi connectivity index (χ1v) is 8.90. The van der Waals surface area contributed by atoms with Gasteiger partial charge >= 0.3 is 0 Å². The van der Waals surface area contributed by atoms with E-state index < -0.39 is 5.60 Å². The third-order valence-electron chi connectivity index (χ3n) is 3.63. The third kappa shape index (κ3) is 3.97. The maximum Gasteiger partial charge on any atom is 0.237 e. The molecule has 2 atom stereocenters. The molecule has 2 unspecified atom stereocenters. The Balaban J connectivity index is 1.85. The van der Waals surface area contributed by atoms with Crippen molar-refractivity contribution >= 4 is 29.0 Å². The molecule has 2 N–H and O–H groups in total. The lowest BCUT2D eigenvalue weighted by Crippen LogP contribution is -2.50. The number of aliphatic hydroxyl groups is 1. The maximum absolute atomic E-state index is 12.2. The molecule has 0 spiro atoms. The van der Waals surface area contributed by atoms with Gasteiger partial charge in [0, 0.05) is 29.5 Å². The van der Waals surface area contributed by atoms with Gasteiger partial charge in [-0.05, 0) is 25.3 Å². The summed E-state index contributed by atoms with van der Waals surface area (Å²) in [5.74, 6) is 2.17.